The predicted octanol–water partition coefficient (Wildman–Crippen LogP) is 4.44. The van der Waals surface area contributed by atoms with Crippen molar-refractivity contribution >= 4 is 23.6 Å². The summed E-state index contributed by atoms with van der Waals surface area (Å²) in [5.41, 5.74) is -0.469. The lowest BCUT2D eigenvalue weighted by Gasteiger charge is -2.40. The van der Waals surface area contributed by atoms with Crippen LogP contribution in [-0.2, 0) is 26.9 Å². The Balaban J connectivity index is 1.76. The van der Waals surface area contributed by atoms with E-state index in [1.54, 1.807) is 32.6 Å². The molecule has 0 spiro atoms. The molecule has 2 aliphatic rings. The third-order valence-electron chi connectivity index (χ3n) is 5.33. The van der Waals surface area contributed by atoms with E-state index in [9.17, 15) is 22.8 Å². The van der Waals surface area contributed by atoms with Gasteiger partial charge in [-0.1, -0.05) is 11.6 Å². The molecule has 0 saturated carbocycles. The van der Waals surface area contributed by atoms with Crippen LogP contribution in [0.1, 0.15) is 50.4 Å². The molecule has 1 aromatic rings. The number of fused-ring (bicyclic) bond motifs is 1. The fourth-order valence-corrected chi connectivity index (χ4v) is 4.28. The van der Waals surface area contributed by atoms with Crippen LogP contribution in [0.25, 0.3) is 0 Å². The van der Waals surface area contributed by atoms with Crippen LogP contribution in [0.3, 0.4) is 0 Å². The molecule has 172 valence electrons. The minimum atomic E-state index is -4.49. The number of rotatable bonds is 1. The Morgan fingerprint density at radius 3 is 2.48 bits per heavy atom. The molecule has 2 aliphatic heterocycles. The smallest absolute Gasteiger partial charge is 0.416 e. The minimum absolute atomic E-state index is 0.0187. The molecule has 6 nitrogen and oxygen atoms in total. The number of nitrogens with zero attached hydrogens (tertiary/aromatic N) is 2. The molecule has 1 aromatic carbocycles. The van der Waals surface area contributed by atoms with Crippen molar-refractivity contribution in [3.05, 3.63) is 33.8 Å². The molecule has 2 atom stereocenters. The summed E-state index contributed by atoms with van der Waals surface area (Å²) < 4.78 is 50.3. The van der Waals surface area contributed by atoms with Crippen LogP contribution in [0, 0.1) is 0 Å². The number of benzene rings is 1. The van der Waals surface area contributed by atoms with Gasteiger partial charge in [0, 0.05) is 18.1 Å². The maximum Gasteiger partial charge on any atom is 0.416 e. The number of morpholine rings is 1. The summed E-state index contributed by atoms with van der Waals surface area (Å²) in [6, 6.07) is 1.47. The van der Waals surface area contributed by atoms with Gasteiger partial charge in [0.1, 0.15) is 5.60 Å². The largest absolute Gasteiger partial charge is 0.444 e. The monoisotopic (exact) mass is 462 g/mol. The molecule has 1 fully saturated rings. The second-order valence-electron chi connectivity index (χ2n) is 8.77. The molecule has 1 unspecified atom stereocenters. The van der Waals surface area contributed by atoms with Crippen LogP contribution in [0.5, 0.6) is 0 Å². The van der Waals surface area contributed by atoms with Gasteiger partial charge in [0.05, 0.1) is 24.8 Å². The molecule has 10 heteroatoms. The van der Waals surface area contributed by atoms with Gasteiger partial charge in [-0.05, 0) is 57.4 Å². The fourth-order valence-electron chi connectivity index (χ4n) is 3.88. The van der Waals surface area contributed by atoms with Crippen molar-refractivity contribution < 1.29 is 32.2 Å². The van der Waals surface area contributed by atoms with Crippen LogP contribution in [-0.4, -0.2) is 59.7 Å². The normalized spacial score (nSPS) is 22.2. The van der Waals surface area contributed by atoms with E-state index in [2.05, 4.69) is 0 Å². The molecule has 0 N–H and O–H groups in total. The minimum Gasteiger partial charge on any atom is -0.444 e. The average molecular weight is 463 g/mol. The molecule has 0 aliphatic carbocycles. The highest BCUT2D eigenvalue weighted by atomic mass is 35.5. The van der Waals surface area contributed by atoms with Crippen molar-refractivity contribution in [2.45, 2.75) is 58.0 Å². The fraction of sp³-hybridized carbons (Fsp3) is 0.619. The van der Waals surface area contributed by atoms with E-state index in [1.165, 1.54) is 4.90 Å². The third kappa shape index (κ3) is 5.26. The van der Waals surface area contributed by atoms with Gasteiger partial charge in [-0.15, -0.1) is 0 Å². The first-order chi connectivity index (χ1) is 14.3. The van der Waals surface area contributed by atoms with Gasteiger partial charge >= 0.3 is 12.3 Å². The number of carbonyl (C=O) groups excluding carboxylic acids is 2. The number of alkyl halides is 3. The summed E-state index contributed by atoms with van der Waals surface area (Å²) in [5, 5.41) is -0.0187. The van der Waals surface area contributed by atoms with E-state index in [0.717, 1.165) is 12.1 Å². The van der Waals surface area contributed by atoms with E-state index in [4.69, 9.17) is 21.1 Å². The molecule has 31 heavy (non-hydrogen) atoms. The second-order valence-corrected chi connectivity index (χ2v) is 9.18. The first-order valence-electron chi connectivity index (χ1n) is 10.1. The van der Waals surface area contributed by atoms with Crippen molar-refractivity contribution in [1.29, 1.82) is 0 Å². The Morgan fingerprint density at radius 1 is 1.19 bits per heavy atom. The van der Waals surface area contributed by atoms with Gasteiger partial charge in [-0.2, -0.15) is 13.2 Å². The lowest BCUT2D eigenvalue weighted by Crippen LogP contribution is -2.54. The van der Waals surface area contributed by atoms with Gasteiger partial charge < -0.3 is 19.3 Å². The average Bonchev–Trinajstić information content (AvgIpc) is 2.65. The second kappa shape index (κ2) is 8.50. The molecule has 2 amide bonds. The summed E-state index contributed by atoms with van der Waals surface area (Å²) in [5.74, 6) is -0.331. The van der Waals surface area contributed by atoms with Gasteiger partial charge in [-0.3, -0.25) is 4.79 Å². The summed E-state index contributed by atoms with van der Waals surface area (Å²) in [6.07, 6.45) is -5.64. The van der Waals surface area contributed by atoms with Crippen molar-refractivity contribution in [2.24, 2.45) is 0 Å². The van der Waals surface area contributed by atoms with Gasteiger partial charge in [0.25, 0.3) is 5.91 Å². The van der Waals surface area contributed by atoms with E-state index in [-0.39, 0.29) is 37.0 Å². The van der Waals surface area contributed by atoms with Crippen molar-refractivity contribution in [1.82, 2.24) is 9.80 Å². The van der Waals surface area contributed by atoms with E-state index >= 15 is 0 Å². The molecule has 0 radical (unpaired) electrons. The number of hydrogen-bond acceptors (Lipinski definition) is 4. The molecule has 1 saturated heterocycles. The zero-order chi connectivity index (χ0) is 23.1. The predicted molar refractivity (Wildman–Crippen MR) is 108 cm³/mol. The Hall–Kier alpha value is -2.00. The third-order valence-corrected chi connectivity index (χ3v) is 5.64. The summed E-state index contributed by atoms with van der Waals surface area (Å²) in [4.78, 5) is 28.5. The molecular weight excluding hydrogens is 437 g/mol. The highest BCUT2D eigenvalue weighted by Crippen LogP contribution is 2.40. The van der Waals surface area contributed by atoms with Gasteiger partial charge in [0.2, 0.25) is 0 Å². The molecule has 0 bridgehead atoms. The number of ether oxygens (including phenoxy) is 2. The summed E-state index contributed by atoms with van der Waals surface area (Å²) in [7, 11) is 0. The molecular formula is C21H26ClF3N2O4. The lowest BCUT2D eigenvalue weighted by molar-refractivity contribution is -0.151. The Morgan fingerprint density at radius 2 is 1.87 bits per heavy atom. The van der Waals surface area contributed by atoms with Crippen LogP contribution < -0.4 is 0 Å². The van der Waals surface area contributed by atoms with Crippen molar-refractivity contribution in [3.63, 3.8) is 0 Å². The number of halogens is 4. The molecule has 0 aromatic heterocycles. The number of carbonyl (C=O) groups is 2. The Bertz CT molecular complexity index is 869. The zero-order valence-corrected chi connectivity index (χ0v) is 18.6. The van der Waals surface area contributed by atoms with Gasteiger partial charge in [-0.25, -0.2) is 4.79 Å². The van der Waals surface area contributed by atoms with Crippen LogP contribution in [0.2, 0.25) is 5.02 Å². The Labute approximate surface area is 184 Å². The Kier molecular flexibility index (Phi) is 6.49. The maximum absolute atomic E-state index is 13.2. The highest BCUT2D eigenvalue weighted by molar-refractivity contribution is 6.31. The van der Waals surface area contributed by atoms with Crippen LogP contribution in [0.4, 0.5) is 18.0 Å². The zero-order valence-electron chi connectivity index (χ0n) is 17.9. The quantitative estimate of drug-likeness (QED) is 0.619. The van der Waals surface area contributed by atoms with Gasteiger partial charge in [0.15, 0.2) is 6.10 Å². The van der Waals surface area contributed by atoms with Crippen molar-refractivity contribution in [2.75, 3.05) is 26.2 Å². The SMILES string of the molecule is CC1c2c(Cl)cc(C(F)(F)F)cc2CCN1C(=O)[C@H]1CN(C(=O)OC(C)(C)C)CCO1. The molecule has 2 heterocycles. The summed E-state index contributed by atoms with van der Waals surface area (Å²) in [6.45, 7) is 7.77. The van der Waals surface area contributed by atoms with E-state index in [0.29, 0.717) is 17.7 Å². The maximum atomic E-state index is 13.2. The number of amides is 2. The lowest BCUT2D eigenvalue weighted by atomic mass is 9.91. The molecule has 3 rings (SSSR count). The first-order valence-corrected chi connectivity index (χ1v) is 10.5. The van der Waals surface area contributed by atoms with Crippen LogP contribution >= 0.6 is 11.6 Å². The first kappa shape index (κ1) is 23.7. The number of hydrogen-bond donors (Lipinski definition) is 0. The topological polar surface area (TPSA) is 59.1 Å². The van der Waals surface area contributed by atoms with Crippen LogP contribution in [0.15, 0.2) is 12.1 Å². The van der Waals surface area contributed by atoms with E-state index in [1.807, 2.05) is 0 Å². The van der Waals surface area contributed by atoms with E-state index < -0.39 is 35.6 Å². The van der Waals surface area contributed by atoms with Crippen molar-refractivity contribution in [3.8, 4) is 0 Å². The standard InChI is InChI=1S/C21H26ClF3N2O4/c1-12-17-13(9-14(10-15(17)22)21(23,24)25)5-6-27(12)18(28)16-11-26(7-8-30-16)19(29)31-20(2,3)4/h9-10,12,16H,5-8,11H2,1-4H3/t12?,16-/m1/s1. The summed E-state index contributed by atoms with van der Waals surface area (Å²) >= 11 is 6.19. The highest BCUT2D eigenvalue weighted by Gasteiger charge is 2.39.